The number of aliphatic hydroxyl groups is 4. The summed E-state index contributed by atoms with van der Waals surface area (Å²) in [7, 11) is -17.6. The quantitative estimate of drug-likeness (QED) is 0.0817. The first kappa shape index (κ1) is 35.5. The lowest BCUT2D eigenvalue weighted by Gasteiger charge is -2.24. The number of hydrogen-bond acceptors (Lipinski definition) is 19. The van der Waals surface area contributed by atoms with Gasteiger partial charge in [0.05, 0.1) is 19.5 Å². The number of ether oxygens (including phenoxy) is 2. The molecule has 25 nitrogen and oxygen atoms in total. The van der Waals surface area contributed by atoms with E-state index < -0.39 is 97.0 Å². The first-order valence-electron chi connectivity index (χ1n) is 12.9. The predicted molar refractivity (Wildman–Crippen MR) is 146 cm³/mol. The van der Waals surface area contributed by atoms with Crippen molar-refractivity contribution in [2.75, 3.05) is 18.9 Å². The molecular weight excluding hydrogens is 707 g/mol. The Morgan fingerprint density at radius 3 is 2.23 bits per heavy atom. The molecule has 0 aromatic carbocycles. The normalized spacial score (nSPS) is 31.8. The van der Waals surface area contributed by atoms with E-state index in [1.807, 2.05) is 4.98 Å². The lowest BCUT2D eigenvalue weighted by Crippen LogP contribution is -2.37. The minimum Gasteiger partial charge on any atom is -0.394 e. The van der Waals surface area contributed by atoms with Crippen LogP contribution in [0.2, 0.25) is 0 Å². The summed E-state index contributed by atoms with van der Waals surface area (Å²) in [5, 5.41) is 41.0. The Kier molecular flexibility index (Phi) is 10.0. The van der Waals surface area contributed by atoms with E-state index in [0.29, 0.717) is 4.57 Å². The SMILES string of the molecule is Nc1ncnc2c1ncn2[C@@H]1O[C@H](CO)[C@@H](OP(=O)(O)OP(=O)(O)OP(=O)(O)OC[C@H]2O[C@@H](n3ccc(=O)[nH]c3=O)[C@H](O)[C@@H]2O)[C@H]1O. The number of nitrogens with one attached hydrogen (secondary N) is 1. The molecule has 5 rings (SSSR count). The van der Waals surface area contributed by atoms with Crippen LogP contribution in [0, 0.1) is 0 Å². The molecule has 3 aromatic heterocycles. The van der Waals surface area contributed by atoms with E-state index in [0.717, 1.165) is 29.5 Å². The molecule has 0 amide bonds. The van der Waals surface area contributed by atoms with Gasteiger partial charge in [-0.05, 0) is 0 Å². The second kappa shape index (κ2) is 13.2. The summed E-state index contributed by atoms with van der Waals surface area (Å²) >= 11 is 0. The predicted octanol–water partition coefficient (Wildman–Crippen LogP) is -3.44. The summed E-state index contributed by atoms with van der Waals surface area (Å²) in [4.78, 5) is 66.9. The molecular formula is C19H26N7O18P3. The second-order valence-corrected chi connectivity index (χ2v) is 14.4. The fourth-order valence-corrected chi connectivity index (χ4v) is 8.37. The number of H-pyrrole nitrogens is 1. The van der Waals surface area contributed by atoms with Crippen molar-refractivity contribution in [2.24, 2.45) is 0 Å². The van der Waals surface area contributed by atoms with Crippen molar-refractivity contribution < 1.29 is 75.9 Å². The molecule has 3 aromatic rings. The van der Waals surface area contributed by atoms with Crippen LogP contribution in [0.5, 0.6) is 0 Å². The van der Waals surface area contributed by atoms with Gasteiger partial charge in [-0.3, -0.25) is 28.0 Å². The fourth-order valence-electron chi connectivity index (χ4n) is 4.65. The summed E-state index contributed by atoms with van der Waals surface area (Å²) in [5.74, 6) is -0.0266. The van der Waals surface area contributed by atoms with Crippen molar-refractivity contribution in [1.82, 2.24) is 29.1 Å². The zero-order valence-corrected chi connectivity index (χ0v) is 25.8. The number of anilines is 1. The lowest BCUT2D eigenvalue weighted by atomic mass is 10.1. The number of aliphatic hydroxyl groups excluding tert-OH is 4. The molecule has 2 aliphatic rings. The fraction of sp³-hybridized carbons (Fsp3) is 0.526. The maximum atomic E-state index is 12.6. The number of nitrogen functional groups attached to an aromatic ring is 1. The van der Waals surface area contributed by atoms with E-state index in [1.54, 1.807) is 0 Å². The zero-order chi connectivity index (χ0) is 34.5. The molecule has 2 aliphatic heterocycles. The van der Waals surface area contributed by atoms with E-state index in [2.05, 4.69) is 28.1 Å². The van der Waals surface area contributed by atoms with Crippen LogP contribution < -0.4 is 17.0 Å². The van der Waals surface area contributed by atoms with Gasteiger partial charge >= 0.3 is 29.2 Å². The standard InChI is InChI=1S/C19H26N7O18P3/c20-15-10-16(22-5-21-15)26(6-23-10)18-13(31)14(7(3-27)40-18)42-46(35,36)44-47(37,38)43-45(33,34)39-4-8-11(29)12(30)17(41-8)25-2-1-9(28)24-19(25)32/h1-2,5-8,11-14,17-18,27,29-31H,3-4H2,(H,33,34)(H,35,36)(H,37,38)(H2,20,21,22)(H,24,28,32)/t7-,8-,11-,12-,13-,14-,17-,18-/m1/s1. The molecule has 5 heterocycles. The van der Waals surface area contributed by atoms with Gasteiger partial charge in [0.25, 0.3) is 5.56 Å². The van der Waals surface area contributed by atoms with Crippen molar-refractivity contribution in [2.45, 2.75) is 49.1 Å². The number of phosphoric acid groups is 3. The molecule has 0 bridgehead atoms. The highest BCUT2D eigenvalue weighted by Crippen LogP contribution is 2.68. The van der Waals surface area contributed by atoms with Gasteiger partial charge in [0, 0.05) is 12.3 Å². The Morgan fingerprint density at radius 2 is 1.55 bits per heavy atom. The lowest BCUT2D eigenvalue weighted by molar-refractivity contribution is -0.0543. The highest BCUT2D eigenvalue weighted by atomic mass is 31.3. The Hall–Kier alpha value is -2.80. The summed E-state index contributed by atoms with van der Waals surface area (Å²) in [6.45, 7) is -2.05. The third-order valence-corrected chi connectivity index (χ3v) is 11.0. The molecule has 3 unspecified atom stereocenters. The van der Waals surface area contributed by atoms with E-state index in [4.69, 9.17) is 19.7 Å². The molecule has 47 heavy (non-hydrogen) atoms. The van der Waals surface area contributed by atoms with Crippen molar-refractivity contribution in [3.8, 4) is 0 Å². The number of nitrogens with two attached hydrogens (primary N) is 1. The number of nitrogens with zero attached hydrogens (tertiary/aromatic N) is 5. The second-order valence-electron chi connectivity index (χ2n) is 9.82. The Labute approximate surface area is 259 Å². The van der Waals surface area contributed by atoms with Crippen LogP contribution in [0.1, 0.15) is 12.5 Å². The first-order valence-corrected chi connectivity index (χ1v) is 17.3. The Morgan fingerprint density at radius 1 is 0.894 bits per heavy atom. The molecule has 28 heteroatoms. The van der Waals surface area contributed by atoms with Gasteiger partial charge in [-0.25, -0.2) is 33.4 Å². The highest BCUT2D eigenvalue weighted by Gasteiger charge is 2.52. The molecule has 11 atom stereocenters. The van der Waals surface area contributed by atoms with E-state index >= 15 is 0 Å². The molecule has 10 N–H and O–H groups in total. The summed E-state index contributed by atoms with van der Waals surface area (Å²) in [6.07, 6.45) is -10.6. The third kappa shape index (κ3) is 7.60. The van der Waals surface area contributed by atoms with Crippen LogP contribution in [-0.2, 0) is 40.8 Å². The average molecular weight is 733 g/mol. The van der Waals surface area contributed by atoms with E-state index in [1.165, 1.54) is 0 Å². The van der Waals surface area contributed by atoms with Crippen LogP contribution in [0.25, 0.3) is 11.2 Å². The number of aromatic nitrogens is 6. The van der Waals surface area contributed by atoms with E-state index in [-0.39, 0.29) is 17.0 Å². The molecule has 0 aliphatic carbocycles. The van der Waals surface area contributed by atoms with Gasteiger partial charge in [-0.2, -0.15) is 8.62 Å². The number of fused-ring (bicyclic) bond motifs is 1. The molecule has 0 spiro atoms. The molecule has 2 saturated heterocycles. The summed E-state index contributed by atoms with van der Waals surface area (Å²) in [5.41, 5.74) is 4.08. The number of hydrogen-bond donors (Lipinski definition) is 9. The minimum absolute atomic E-state index is 0.0266. The van der Waals surface area contributed by atoms with Gasteiger partial charge in [0.15, 0.2) is 23.9 Å². The number of imidazole rings is 1. The summed E-state index contributed by atoms with van der Waals surface area (Å²) < 4.78 is 67.3. The summed E-state index contributed by atoms with van der Waals surface area (Å²) in [6, 6.07) is 0.905. The smallest absolute Gasteiger partial charge is 0.394 e. The van der Waals surface area contributed by atoms with Gasteiger partial charge in [-0.1, -0.05) is 0 Å². The molecule has 0 saturated carbocycles. The number of phosphoric ester groups is 2. The van der Waals surface area contributed by atoms with Crippen LogP contribution >= 0.6 is 23.5 Å². The van der Waals surface area contributed by atoms with Crippen molar-refractivity contribution in [1.29, 1.82) is 0 Å². The Bertz CT molecular complexity index is 1890. The van der Waals surface area contributed by atoms with Crippen molar-refractivity contribution in [3.05, 3.63) is 45.8 Å². The van der Waals surface area contributed by atoms with Gasteiger partial charge in [-0.15, -0.1) is 0 Å². The molecule has 260 valence electrons. The van der Waals surface area contributed by atoms with Crippen LogP contribution in [-0.4, -0.2) is 114 Å². The average Bonchev–Trinajstić information content (AvgIpc) is 3.61. The minimum atomic E-state index is -6.04. The monoisotopic (exact) mass is 733 g/mol. The topological polar surface area (TPSA) is 373 Å². The number of rotatable bonds is 12. The van der Waals surface area contributed by atoms with E-state index in [9.17, 15) is 58.4 Å². The Balaban J connectivity index is 1.21. The molecule has 2 fully saturated rings. The van der Waals surface area contributed by atoms with Crippen molar-refractivity contribution in [3.63, 3.8) is 0 Å². The maximum Gasteiger partial charge on any atom is 0.490 e. The van der Waals surface area contributed by atoms with Gasteiger partial charge < -0.3 is 50.3 Å². The molecule has 0 radical (unpaired) electrons. The number of aromatic amines is 1. The highest BCUT2D eigenvalue weighted by molar-refractivity contribution is 7.66. The first-order chi connectivity index (χ1) is 21.9. The van der Waals surface area contributed by atoms with Crippen LogP contribution in [0.3, 0.4) is 0 Å². The van der Waals surface area contributed by atoms with Crippen molar-refractivity contribution >= 4 is 40.4 Å². The largest absolute Gasteiger partial charge is 0.490 e. The zero-order valence-electron chi connectivity index (χ0n) is 23.1. The van der Waals surface area contributed by atoms with Crippen LogP contribution in [0.4, 0.5) is 5.82 Å². The van der Waals surface area contributed by atoms with Gasteiger partial charge in [0.2, 0.25) is 0 Å². The third-order valence-electron chi connectivity index (χ3n) is 6.68. The van der Waals surface area contributed by atoms with Crippen LogP contribution in [0.15, 0.2) is 34.5 Å². The van der Waals surface area contributed by atoms with Gasteiger partial charge in [0.1, 0.15) is 48.5 Å². The maximum absolute atomic E-state index is 12.6.